The van der Waals surface area contributed by atoms with Crippen molar-refractivity contribution in [2.75, 3.05) is 26.2 Å². The smallest absolute Gasteiger partial charge is 0.475 e. The van der Waals surface area contributed by atoms with Gasteiger partial charge in [-0.05, 0) is 17.7 Å². The molecule has 0 spiro atoms. The van der Waals surface area contributed by atoms with E-state index in [-0.39, 0.29) is 18.0 Å². The normalized spacial score (nSPS) is 17.7. The minimum atomic E-state index is -5.08. The molecule has 2 aromatic carbocycles. The third-order valence-electron chi connectivity index (χ3n) is 6.48. The Morgan fingerprint density at radius 1 is 0.975 bits per heavy atom. The summed E-state index contributed by atoms with van der Waals surface area (Å²) in [6.45, 7) is 2.94. The van der Waals surface area contributed by atoms with E-state index in [0.717, 1.165) is 29.9 Å². The Balaban J connectivity index is 0.000000470. The summed E-state index contributed by atoms with van der Waals surface area (Å²) < 4.78 is 85.0. The average molecular weight is 572 g/mol. The van der Waals surface area contributed by atoms with Crippen LogP contribution in [0.2, 0.25) is 0 Å². The Kier molecular flexibility index (Phi) is 8.19. The maximum Gasteiger partial charge on any atom is 0.490 e. The summed E-state index contributed by atoms with van der Waals surface area (Å²) in [6, 6.07) is 12.4. The molecule has 0 aromatic heterocycles. The molecule has 0 saturated heterocycles. The fourth-order valence-corrected chi connectivity index (χ4v) is 4.61. The predicted molar refractivity (Wildman–Crippen MR) is 128 cm³/mol. The van der Waals surface area contributed by atoms with Crippen molar-refractivity contribution in [3.8, 4) is 0 Å². The Morgan fingerprint density at radius 2 is 1.65 bits per heavy atom. The molecule has 3 aliphatic heterocycles. The summed E-state index contributed by atoms with van der Waals surface area (Å²) >= 11 is 0. The molecular formula is C26H23F7N4O3. The van der Waals surface area contributed by atoms with Crippen LogP contribution < -0.4 is 0 Å². The highest BCUT2D eigenvalue weighted by Crippen LogP contribution is 2.34. The molecule has 5 rings (SSSR count). The Morgan fingerprint density at radius 3 is 2.25 bits per heavy atom. The van der Waals surface area contributed by atoms with Gasteiger partial charge in [0.1, 0.15) is 5.82 Å². The van der Waals surface area contributed by atoms with Crippen molar-refractivity contribution in [1.82, 2.24) is 14.7 Å². The van der Waals surface area contributed by atoms with E-state index in [0.29, 0.717) is 50.2 Å². The van der Waals surface area contributed by atoms with E-state index in [1.54, 1.807) is 0 Å². The number of fused-ring (bicyclic) bond motifs is 2. The van der Waals surface area contributed by atoms with E-state index in [1.165, 1.54) is 4.90 Å². The highest BCUT2D eigenvalue weighted by atomic mass is 19.4. The van der Waals surface area contributed by atoms with Crippen molar-refractivity contribution in [3.63, 3.8) is 0 Å². The molecule has 0 atom stereocenters. The van der Waals surface area contributed by atoms with Crippen LogP contribution in [0, 0.1) is 5.82 Å². The van der Waals surface area contributed by atoms with E-state index < -0.39 is 29.7 Å². The molecular weight excluding hydrogens is 549 g/mol. The second-order valence-corrected chi connectivity index (χ2v) is 9.20. The van der Waals surface area contributed by atoms with Crippen LogP contribution >= 0.6 is 0 Å². The maximum absolute atomic E-state index is 14.5. The fraction of sp³-hybridized carbons (Fsp3) is 0.346. The largest absolute Gasteiger partial charge is 0.490 e. The number of amides is 1. The number of alkyl halides is 6. The van der Waals surface area contributed by atoms with Gasteiger partial charge in [0.15, 0.2) is 0 Å². The SMILES string of the molecule is O=C(O)C(F)(F)F.O=C1C2=C(CCN(Cc3ccccc3)C2)N2CCN=C2N1Cc1ccc(C(F)(F)F)cc1F. The van der Waals surface area contributed by atoms with Crippen LogP contribution in [0.4, 0.5) is 30.7 Å². The quantitative estimate of drug-likeness (QED) is 0.540. The zero-order chi connectivity index (χ0) is 29.2. The second-order valence-electron chi connectivity index (χ2n) is 9.20. The van der Waals surface area contributed by atoms with Crippen LogP contribution in [0.25, 0.3) is 0 Å². The molecule has 40 heavy (non-hydrogen) atoms. The number of carbonyl (C=O) groups excluding carboxylic acids is 1. The highest BCUT2D eigenvalue weighted by Gasteiger charge is 2.41. The van der Waals surface area contributed by atoms with E-state index >= 15 is 0 Å². The Labute approximate surface area is 223 Å². The van der Waals surface area contributed by atoms with Crippen molar-refractivity contribution >= 4 is 17.8 Å². The molecule has 3 aliphatic rings. The van der Waals surface area contributed by atoms with Crippen LogP contribution in [-0.4, -0.2) is 70.0 Å². The minimum absolute atomic E-state index is 0.0203. The number of carbonyl (C=O) groups is 2. The molecule has 3 heterocycles. The summed E-state index contributed by atoms with van der Waals surface area (Å²) in [5.74, 6) is -3.56. The number of rotatable bonds is 4. The number of carboxylic acid groups (broad SMARTS) is 1. The number of benzene rings is 2. The van der Waals surface area contributed by atoms with Crippen LogP contribution in [0.3, 0.4) is 0 Å². The van der Waals surface area contributed by atoms with Gasteiger partial charge in [0, 0.05) is 43.9 Å². The third-order valence-corrected chi connectivity index (χ3v) is 6.48. The molecule has 0 bridgehead atoms. The number of hydrogen-bond donors (Lipinski definition) is 1. The van der Waals surface area contributed by atoms with E-state index in [2.05, 4.69) is 9.89 Å². The van der Waals surface area contributed by atoms with E-state index in [9.17, 15) is 35.5 Å². The monoisotopic (exact) mass is 572 g/mol. The lowest BCUT2D eigenvalue weighted by Gasteiger charge is -2.42. The molecule has 0 saturated carbocycles. The van der Waals surface area contributed by atoms with E-state index in [1.807, 2.05) is 35.2 Å². The standard InChI is InChI=1S/C24H22F4N4O.C2HF3O2/c25-20-12-18(24(26,27)28)7-6-17(20)14-32-22(33)19-15-30(13-16-4-2-1-3-5-16)10-8-21(19)31-11-9-29-23(31)32;3-2(4,5)1(6)7/h1-7,12H,8-11,13-15H2;(H,6,7). The summed E-state index contributed by atoms with van der Waals surface area (Å²) in [5, 5.41) is 7.12. The van der Waals surface area contributed by atoms with Gasteiger partial charge in [-0.25, -0.2) is 9.18 Å². The van der Waals surface area contributed by atoms with Crippen molar-refractivity contribution < 1.29 is 45.4 Å². The first-order chi connectivity index (χ1) is 18.8. The van der Waals surface area contributed by atoms with Gasteiger partial charge in [-0.1, -0.05) is 36.4 Å². The predicted octanol–water partition coefficient (Wildman–Crippen LogP) is 4.65. The first-order valence-electron chi connectivity index (χ1n) is 12.0. The third kappa shape index (κ3) is 6.43. The first-order valence-corrected chi connectivity index (χ1v) is 12.0. The molecule has 0 unspecified atom stereocenters. The van der Waals surface area contributed by atoms with Gasteiger partial charge in [-0.2, -0.15) is 26.3 Å². The zero-order valence-electron chi connectivity index (χ0n) is 20.8. The molecule has 0 radical (unpaired) electrons. The fourth-order valence-electron chi connectivity index (χ4n) is 4.61. The molecule has 1 amide bonds. The number of carboxylic acids is 1. The Bertz CT molecular complexity index is 1340. The first kappa shape index (κ1) is 29.1. The Hall–Kier alpha value is -3.94. The van der Waals surface area contributed by atoms with Gasteiger partial charge in [0.05, 0.1) is 24.2 Å². The molecule has 0 aliphatic carbocycles. The molecule has 2 aromatic rings. The summed E-state index contributed by atoms with van der Waals surface area (Å²) in [7, 11) is 0. The molecule has 14 heteroatoms. The summed E-state index contributed by atoms with van der Waals surface area (Å²) in [4.78, 5) is 32.4. The molecule has 7 nitrogen and oxygen atoms in total. The van der Waals surface area contributed by atoms with Gasteiger partial charge in [-0.3, -0.25) is 19.6 Å². The number of aliphatic carboxylic acids is 1. The van der Waals surface area contributed by atoms with Crippen molar-refractivity contribution in [3.05, 3.63) is 82.3 Å². The van der Waals surface area contributed by atoms with Gasteiger partial charge in [-0.15, -0.1) is 0 Å². The van der Waals surface area contributed by atoms with E-state index in [4.69, 9.17) is 9.90 Å². The van der Waals surface area contributed by atoms with Crippen molar-refractivity contribution in [2.24, 2.45) is 4.99 Å². The van der Waals surface area contributed by atoms with Crippen LogP contribution in [-0.2, 0) is 28.9 Å². The van der Waals surface area contributed by atoms with Crippen LogP contribution in [0.5, 0.6) is 0 Å². The van der Waals surface area contributed by atoms with Crippen LogP contribution in [0.15, 0.2) is 64.8 Å². The molecule has 1 N–H and O–H groups in total. The highest BCUT2D eigenvalue weighted by molar-refractivity contribution is 6.09. The number of guanidine groups is 1. The van der Waals surface area contributed by atoms with Gasteiger partial charge >= 0.3 is 18.3 Å². The lowest BCUT2D eigenvalue weighted by Crippen LogP contribution is -2.53. The number of halogens is 7. The minimum Gasteiger partial charge on any atom is -0.475 e. The van der Waals surface area contributed by atoms with Crippen molar-refractivity contribution in [1.29, 1.82) is 0 Å². The lowest BCUT2D eigenvalue weighted by atomic mass is 10.00. The average Bonchev–Trinajstić information content (AvgIpc) is 3.37. The summed E-state index contributed by atoms with van der Waals surface area (Å²) in [6.07, 6.45) is -9.01. The van der Waals surface area contributed by atoms with Gasteiger partial charge in [0.2, 0.25) is 5.96 Å². The maximum atomic E-state index is 14.5. The number of aliphatic imine (C=N–C) groups is 1. The molecule has 214 valence electrons. The number of nitrogens with zero attached hydrogens (tertiary/aromatic N) is 4. The van der Waals surface area contributed by atoms with Gasteiger partial charge in [0.25, 0.3) is 5.91 Å². The molecule has 0 fully saturated rings. The van der Waals surface area contributed by atoms with Crippen LogP contribution in [0.1, 0.15) is 23.1 Å². The van der Waals surface area contributed by atoms with Crippen molar-refractivity contribution in [2.45, 2.75) is 31.9 Å². The zero-order valence-corrected chi connectivity index (χ0v) is 20.8. The summed E-state index contributed by atoms with van der Waals surface area (Å²) in [5.41, 5.74) is 1.71. The topological polar surface area (TPSA) is 76.5 Å². The van der Waals surface area contributed by atoms with Gasteiger partial charge < -0.3 is 10.0 Å². The second kappa shape index (κ2) is 11.3. The lowest BCUT2D eigenvalue weighted by molar-refractivity contribution is -0.192. The number of hydrogen-bond acceptors (Lipinski definition) is 5.